The fourth-order valence-corrected chi connectivity index (χ4v) is 2.77. The number of nitrogens with zero attached hydrogens (tertiary/aromatic N) is 2. The lowest BCUT2D eigenvalue weighted by molar-refractivity contribution is -0.135. The second kappa shape index (κ2) is 6.12. The number of nitrogens with one attached hydrogen (secondary N) is 1. The summed E-state index contributed by atoms with van der Waals surface area (Å²) in [6.45, 7) is 6.38. The Morgan fingerprint density at radius 2 is 1.74 bits per heavy atom. The Hall–Kier alpha value is -2.82. The van der Waals surface area contributed by atoms with Crippen LogP contribution in [0.1, 0.15) is 13.3 Å². The fraction of sp³-hybridized carbons (Fsp3) is 0.222. The van der Waals surface area contributed by atoms with Gasteiger partial charge in [-0.3, -0.25) is 4.79 Å². The topological polar surface area (TPSA) is 52.7 Å². The minimum absolute atomic E-state index is 0.212. The summed E-state index contributed by atoms with van der Waals surface area (Å²) in [6.07, 6.45) is 0.766. The molecule has 1 saturated heterocycles. The molecule has 3 rings (SSSR count). The summed E-state index contributed by atoms with van der Waals surface area (Å²) in [7, 11) is 0. The average molecular weight is 309 g/mol. The van der Waals surface area contributed by atoms with Gasteiger partial charge in [-0.2, -0.15) is 0 Å². The van der Waals surface area contributed by atoms with Crippen LogP contribution in [0.25, 0.3) is 10.8 Å². The van der Waals surface area contributed by atoms with Crippen LogP contribution < -0.4 is 5.32 Å². The molecule has 0 bridgehead atoms. The van der Waals surface area contributed by atoms with Gasteiger partial charge in [0, 0.05) is 24.0 Å². The van der Waals surface area contributed by atoms with Crippen LogP contribution in [0, 0.1) is 0 Å². The van der Waals surface area contributed by atoms with E-state index in [0.29, 0.717) is 18.7 Å². The molecule has 0 aromatic heterocycles. The molecule has 1 aliphatic heterocycles. The highest BCUT2D eigenvalue weighted by atomic mass is 16.2. The number of hydrogen-bond acceptors (Lipinski definition) is 2. The largest absolute Gasteiger partial charge is 0.340 e. The first-order valence-corrected chi connectivity index (χ1v) is 7.61. The summed E-state index contributed by atoms with van der Waals surface area (Å²) in [5.41, 5.74) is 1.16. The van der Waals surface area contributed by atoms with Gasteiger partial charge < -0.3 is 5.32 Å². The SMILES string of the molecule is C=C(C)C(=O)N1CCCN1C(=O)Nc1cccc2ccccc12. The maximum absolute atomic E-state index is 12.6. The van der Waals surface area contributed by atoms with E-state index in [0.717, 1.165) is 22.9 Å². The standard InChI is InChI=1S/C18H19N3O2/c1-13(2)17(22)20-11-6-12-21(20)18(23)19-16-10-5-8-14-7-3-4-9-15(14)16/h3-5,7-10H,1,6,11-12H2,2H3,(H,19,23). The van der Waals surface area contributed by atoms with Crippen LogP contribution in [0.15, 0.2) is 54.6 Å². The van der Waals surface area contributed by atoms with Crippen molar-refractivity contribution in [3.63, 3.8) is 0 Å². The van der Waals surface area contributed by atoms with E-state index in [1.807, 2.05) is 42.5 Å². The van der Waals surface area contributed by atoms with Crippen molar-refractivity contribution in [1.82, 2.24) is 10.0 Å². The molecule has 1 fully saturated rings. The average Bonchev–Trinajstić information content (AvgIpc) is 3.04. The number of benzene rings is 2. The third kappa shape index (κ3) is 2.90. The number of carbonyl (C=O) groups excluding carboxylic acids is 2. The molecule has 3 amide bonds. The van der Waals surface area contributed by atoms with Crippen molar-refractivity contribution in [2.45, 2.75) is 13.3 Å². The van der Waals surface area contributed by atoms with E-state index in [2.05, 4.69) is 11.9 Å². The molecule has 1 heterocycles. The minimum Gasteiger partial charge on any atom is -0.306 e. The van der Waals surface area contributed by atoms with Gasteiger partial charge in [-0.05, 0) is 24.8 Å². The monoisotopic (exact) mass is 309 g/mol. The lowest BCUT2D eigenvalue weighted by Gasteiger charge is -2.28. The predicted molar refractivity (Wildman–Crippen MR) is 90.8 cm³/mol. The van der Waals surface area contributed by atoms with Crippen molar-refractivity contribution in [2.24, 2.45) is 0 Å². The van der Waals surface area contributed by atoms with Crippen molar-refractivity contribution in [2.75, 3.05) is 18.4 Å². The Kier molecular flexibility index (Phi) is 4.02. The number of rotatable bonds is 2. The zero-order valence-electron chi connectivity index (χ0n) is 13.1. The van der Waals surface area contributed by atoms with Gasteiger partial charge in [0.1, 0.15) is 0 Å². The van der Waals surface area contributed by atoms with Crippen molar-refractivity contribution in [3.8, 4) is 0 Å². The summed E-state index contributed by atoms with van der Waals surface area (Å²) in [5.74, 6) is -0.212. The molecule has 118 valence electrons. The van der Waals surface area contributed by atoms with E-state index in [1.165, 1.54) is 10.0 Å². The van der Waals surface area contributed by atoms with Gasteiger partial charge in [-0.25, -0.2) is 14.8 Å². The summed E-state index contributed by atoms with van der Waals surface area (Å²) < 4.78 is 0. The summed E-state index contributed by atoms with van der Waals surface area (Å²) in [6, 6.07) is 13.3. The van der Waals surface area contributed by atoms with Gasteiger partial charge in [0.15, 0.2) is 0 Å². The molecule has 23 heavy (non-hydrogen) atoms. The summed E-state index contributed by atoms with van der Waals surface area (Å²) in [5, 5.41) is 7.86. The van der Waals surface area contributed by atoms with Gasteiger partial charge in [0.2, 0.25) is 0 Å². The fourth-order valence-electron chi connectivity index (χ4n) is 2.77. The first kappa shape index (κ1) is 15.1. The number of fused-ring (bicyclic) bond motifs is 1. The van der Waals surface area contributed by atoms with Crippen LogP contribution in [0.3, 0.4) is 0 Å². The Bertz CT molecular complexity index is 779. The van der Waals surface area contributed by atoms with Crippen LogP contribution >= 0.6 is 0 Å². The Balaban J connectivity index is 1.83. The number of hydrogen-bond donors (Lipinski definition) is 1. The molecule has 2 aromatic carbocycles. The normalized spacial score (nSPS) is 14.1. The first-order chi connectivity index (χ1) is 11.1. The quantitative estimate of drug-likeness (QED) is 0.864. The van der Waals surface area contributed by atoms with Crippen molar-refractivity contribution in [3.05, 3.63) is 54.6 Å². The van der Waals surface area contributed by atoms with E-state index in [1.54, 1.807) is 6.92 Å². The number of urea groups is 1. The van der Waals surface area contributed by atoms with Crippen LogP contribution in [-0.2, 0) is 4.79 Å². The first-order valence-electron chi connectivity index (χ1n) is 7.61. The van der Waals surface area contributed by atoms with Gasteiger partial charge in [0.05, 0.1) is 5.69 Å². The molecule has 5 nitrogen and oxygen atoms in total. The van der Waals surface area contributed by atoms with Gasteiger partial charge in [-0.15, -0.1) is 0 Å². The maximum Gasteiger partial charge on any atom is 0.340 e. The number of amides is 3. The van der Waals surface area contributed by atoms with Crippen molar-refractivity contribution >= 4 is 28.4 Å². The number of anilines is 1. The molecule has 1 N–H and O–H groups in total. The lowest BCUT2D eigenvalue weighted by Crippen LogP contribution is -2.46. The molecular formula is C18H19N3O2. The molecular weight excluding hydrogens is 290 g/mol. The van der Waals surface area contributed by atoms with E-state index in [4.69, 9.17) is 0 Å². The highest BCUT2D eigenvalue weighted by Crippen LogP contribution is 2.24. The molecule has 0 saturated carbocycles. The van der Waals surface area contributed by atoms with Crippen molar-refractivity contribution < 1.29 is 9.59 Å². The zero-order chi connectivity index (χ0) is 16.4. The van der Waals surface area contributed by atoms with Gasteiger partial charge >= 0.3 is 6.03 Å². The highest BCUT2D eigenvalue weighted by Gasteiger charge is 2.31. The highest BCUT2D eigenvalue weighted by molar-refractivity contribution is 6.02. The molecule has 0 atom stereocenters. The van der Waals surface area contributed by atoms with Gasteiger partial charge in [0.25, 0.3) is 5.91 Å². The smallest absolute Gasteiger partial charge is 0.306 e. The maximum atomic E-state index is 12.6. The lowest BCUT2D eigenvalue weighted by atomic mass is 10.1. The summed E-state index contributed by atoms with van der Waals surface area (Å²) >= 11 is 0. The van der Waals surface area contributed by atoms with Crippen molar-refractivity contribution in [1.29, 1.82) is 0 Å². The molecule has 2 aromatic rings. The zero-order valence-corrected chi connectivity index (χ0v) is 13.1. The number of hydrazine groups is 1. The minimum atomic E-state index is -0.298. The third-order valence-electron chi connectivity index (χ3n) is 3.90. The summed E-state index contributed by atoms with van der Waals surface area (Å²) in [4.78, 5) is 24.7. The number of carbonyl (C=O) groups is 2. The van der Waals surface area contributed by atoms with Crippen LogP contribution in [-0.4, -0.2) is 35.0 Å². The van der Waals surface area contributed by atoms with Gasteiger partial charge in [-0.1, -0.05) is 43.0 Å². The Morgan fingerprint density at radius 1 is 1.04 bits per heavy atom. The second-order valence-electron chi connectivity index (χ2n) is 5.64. The van der Waals surface area contributed by atoms with E-state index < -0.39 is 0 Å². The van der Waals surface area contributed by atoms with E-state index in [-0.39, 0.29) is 11.9 Å². The Morgan fingerprint density at radius 3 is 2.52 bits per heavy atom. The van der Waals surface area contributed by atoms with E-state index in [9.17, 15) is 9.59 Å². The molecule has 0 radical (unpaired) electrons. The molecule has 0 unspecified atom stereocenters. The molecule has 0 spiro atoms. The Labute approximate surface area is 135 Å². The van der Waals surface area contributed by atoms with Crippen LogP contribution in [0.4, 0.5) is 10.5 Å². The predicted octanol–water partition coefficient (Wildman–Crippen LogP) is 3.40. The van der Waals surface area contributed by atoms with Crippen LogP contribution in [0.2, 0.25) is 0 Å². The molecule has 0 aliphatic carbocycles. The molecule has 1 aliphatic rings. The molecule has 5 heteroatoms. The van der Waals surface area contributed by atoms with Crippen LogP contribution in [0.5, 0.6) is 0 Å². The van der Waals surface area contributed by atoms with E-state index >= 15 is 0 Å². The second-order valence-corrected chi connectivity index (χ2v) is 5.64. The third-order valence-corrected chi connectivity index (χ3v) is 3.90.